The lowest BCUT2D eigenvalue weighted by atomic mass is 9.78. The fourth-order valence-electron chi connectivity index (χ4n) is 4.55. The van der Waals surface area contributed by atoms with E-state index in [9.17, 15) is 4.39 Å². The van der Waals surface area contributed by atoms with Crippen molar-refractivity contribution >= 4 is 0 Å². The number of aryl methyl sites for hydroxylation is 2. The SMILES string of the molecule is COc1cc(F)c(Cc2ccc3c(c2)CC3)cc1C1CCCC(C)C1. The maximum atomic E-state index is 14.7. The normalized spacial score (nSPS) is 22.2. The molecule has 0 heterocycles. The first-order valence-electron chi connectivity index (χ1n) is 9.61. The average molecular weight is 338 g/mol. The summed E-state index contributed by atoms with van der Waals surface area (Å²) in [5.41, 5.74) is 6.11. The van der Waals surface area contributed by atoms with E-state index in [4.69, 9.17) is 4.74 Å². The highest BCUT2D eigenvalue weighted by Gasteiger charge is 2.24. The summed E-state index contributed by atoms with van der Waals surface area (Å²) >= 11 is 0. The molecule has 0 bridgehead atoms. The van der Waals surface area contributed by atoms with Gasteiger partial charge in [0.2, 0.25) is 0 Å². The van der Waals surface area contributed by atoms with Crippen molar-refractivity contribution in [3.63, 3.8) is 0 Å². The molecule has 2 atom stereocenters. The molecule has 1 fully saturated rings. The first-order chi connectivity index (χ1) is 12.1. The topological polar surface area (TPSA) is 9.23 Å². The van der Waals surface area contributed by atoms with Gasteiger partial charge in [0.05, 0.1) is 7.11 Å². The Morgan fingerprint density at radius 3 is 2.60 bits per heavy atom. The van der Waals surface area contributed by atoms with Crippen molar-refractivity contribution in [1.29, 1.82) is 0 Å². The molecule has 0 spiro atoms. The van der Waals surface area contributed by atoms with Gasteiger partial charge in [-0.2, -0.15) is 0 Å². The van der Waals surface area contributed by atoms with Crippen LogP contribution in [0.4, 0.5) is 4.39 Å². The Hall–Kier alpha value is -1.83. The van der Waals surface area contributed by atoms with Gasteiger partial charge < -0.3 is 4.74 Å². The van der Waals surface area contributed by atoms with Crippen LogP contribution in [0.2, 0.25) is 0 Å². The van der Waals surface area contributed by atoms with Crippen molar-refractivity contribution in [2.24, 2.45) is 5.92 Å². The molecular weight excluding hydrogens is 311 g/mol. The van der Waals surface area contributed by atoms with Crippen LogP contribution in [0.5, 0.6) is 5.75 Å². The van der Waals surface area contributed by atoms with Gasteiger partial charge in [0.15, 0.2) is 0 Å². The number of hydrogen-bond donors (Lipinski definition) is 0. The van der Waals surface area contributed by atoms with E-state index in [0.717, 1.165) is 17.2 Å². The first kappa shape index (κ1) is 16.6. The number of rotatable bonds is 4. The van der Waals surface area contributed by atoms with Gasteiger partial charge in [-0.05, 0) is 71.4 Å². The van der Waals surface area contributed by atoms with Gasteiger partial charge in [-0.15, -0.1) is 0 Å². The Bertz CT molecular complexity index is 780. The quantitative estimate of drug-likeness (QED) is 0.683. The van der Waals surface area contributed by atoms with Crippen LogP contribution >= 0.6 is 0 Å². The van der Waals surface area contributed by atoms with Crippen molar-refractivity contribution in [1.82, 2.24) is 0 Å². The summed E-state index contributed by atoms with van der Waals surface area (Å²) in [6.45, 7) is 2.32. The molecule has 1 nitrogen and oxygen atoms in total. The van der Waals surface area contributed by atoms with E-state index in [1.807, 2.05) is 0 Å². The number of halogens is 1. The molecule has 2 aliphatic rings. The van der Waals surface area contributed by atoms with Crippen LogP contribution in [0.1, 0.15) is 66.3 Å². The van der Waals surface area contributed by atoms with E-state index in [1.54, 1.807) is 13.2 Å². The lowest BCUT2D eigenvalue weighted by Crippen LogP contribution is -2.13. The summed E-state index contributed by atoms with van der Waals surface area (Å²) < 4.78 is 20.2. The first-order valence-corrected chi connectivity index (χ1v) is 9.61. The number of fused-ring (bicyclic) bond motifs is 1. The van der Waals surface area contributed by atoms with E-state index in [0.29, 0.717) is 12.3 Å². The molecule has 0 saturated heterocycles. The van der Waals surface area contributed by atoms with E-state index >= 15 is 0 Å². The van der Waals surface area contributed by atoms with Crippen LogP contribution in [0.15, 0.2) is 30.3 Å². The van der Waals surface area contributed by atoms with Crippen LogP contribution in [-0.4, -0.2) is 7.11 Å². The zero-order valence-electron chi connectivity index (χ0n) is 15.3. The van der Waals surface area contributed by atoms with Crippen molar-refractivity contribution < 1.29 is 9.13 Å². The summed E-state index contributed by atoms with van der Waals surface area (Å²) in [5, 5.41) is 0. The van der Waals surface area contributed by atoms with Crippen molar-refractivity contribution in [3.05, 3.63) is 64.0 Å². The average Bonchev–Trinajstić information content (AvgIpc) is 2.58. The van der Waals surface area contributed by atoms with Crippen LogP contribution in [-0.2, 0) is 19.3 Å². The molecule has 2 aromatic rings. The Morgan fingerprint density at radius 2 is 1.92 bits per heavy atom. The Kier molecular flexibility index (Phi) is 4.54. The molecule has 4 rings (SSSR count). The third kappa shape index (κ3) is 3.31. The highest BCUT2D eigenvalue weighted by atomic mass is 19.1. The fraction of sp³-hybridized carbons (Fsp3) is 0.478. The zero-order valence-corrected chi connectivity index (χ0v) is 15.3. The molecule has 1 saturated carbocycles. The Labute approximate surface area is 150 Å². The maximum Gasteiger partial charge on any atom is 0.130 e. The molecular formula is C23H27FO. The molecule has 2 heteroatoms. The van der Waals surface area contributed by atoms with E-state index in [-0.39, 0.29) is 5.82 Å². The van der Waals surface area contributed by atoms with E-state index < -0.39 is 0 Å². The van der Waals surface area contributed by atoms with Gasteiger partial charge in [0, 0.05) is 12.5 Å². The van der Waals surface area contributed by atoms with Gasteiger partial charge in [0.1, 0.15) is 11.6 Å². The largest absolute Gasteiger partial charge is 0.496 e. The summed E-state index contributed by atoms with van der Waals surface area (Å²) in [7, 11) is 1.65. The van der Waals surface area contributed by atoms with Gasteiger partial charge >= 0.3 is 0 Å². The summed E-state index contributed by atoms with van der Waals surface area (Å²) in [5.74, 6) is 1.81. The monoisotopic (exact) mass is 338 g/mol. The highest BCUT2D eigenvalue weighted by molar-refractivity contribution is 5.44. The molecule has 0 aromatic heterocycles. The summed E-state index contributed by atoms with van der Waals surface area (Å²) in [6, 6.07) is 10.3. The molecule has 2 aromatic carbocycles. The minimum absolute atomic E-state index is 0.146. The fourth-order valence-corrected chi connectivity index (χ4v) is 4.55. The Morgan fingerprint density at radius 1 is 1.08 bits per heavy atom. The van der Waals surface area contributed by atoms with Crippen LogP contribution in [0.25, 0.3) is 0 Å². The zero-order chi connectivity index (χ0) is 17.4. The van der Waals surface area contributed by atoms with E-state index in [1.165, 1.54) is 60.8 Å². The minimum atomic E-state index is -0.146. The summed E-state index contributed by atoms with van der Waals surface area (Å²) in [6.07, 6.45) is 7.95. The molecule has 2 unspecified atom stereocenters. The molecule has 25 heavy (non-hydrogen) atoms. The Balaban J connectivity index is 1.64. The lowest BCUT2D eigenvalue weighted by Gasteiger charge is -2.28. The van der Waals surface area contributed by atoms with Gasteiger partial charge in [0.25, 0.3) is 0 Å². The molecule has 0 N–H and O–H groups in total. The number of methoxy groups -OCH3 is 1. The van der Waals surface area contributed by atoms with Gasteiger partial charge in [-0.25, -0.2) is 4.39 Å². The van der Waals surface area contributed by atoms with Crippen molar-refractivity contribution in [2.45, 2.75) is 57.8 Å². The summed E-state index contributed by atoms with van der Waals surface area (Å²) in [4.78, 5) is 0. The van der Waals surface area contributed by atoms with Crippen molar-refractivity contribution in [3.8, 4) is 5.75 Å². The molecule has 0 radical (unpaired) electrons. The second kappa shape index (κ2) is 6.82. The standard InChI is InChI=1S/C23H27FO/c1-15-4-3-5-19(10-15)21-13-20(22(24)14-23(21)25-2)12-16-6-7-17-8-9-18(17)11-16/h6-7,11,13-15,19H,3-5,8-10,12H2,1-2H3. The third-order valence-corrected chi connectivity index (χ3v) is 6.10. The van der Waals surface area contributed by atoms with E-state index in [2.05, 4.69) is 31.2 Å². The second-order valence-corrected chi connectivity index (χ2v) is 7.93. The predicted molar refractivity (Wildman–Crippen MR) is 100.0 cm³/mol. The number of hydrogen-bond acceptors (Lipinski definition) is 1. The van der Waals surface area contributed by atoms with Gasteiger partial charge in [-0.1, -0.05) is 38.0 Å². The second-order valence-electron chi connectivity index (χ2n) is 7.93. The van der Waals surface area contributed by atoms with Crippen LogP contribution in [0, 0.1) is 11.7 Å². The molecule has 132 valence electrons. The molecule has 0 amide bonds. The van der Waals surface area contributed by atoms with Crippen LogP contribution < -0.4 is 4.74 Å². The number of ether oxygens (including phenoxy) is 1. The van der Waals surface area contributed by atoms with Gasteiger partial charge in [-0.3, -0.25) is 0 Å². The molecule has 2 aliphatic carbocycles. The smallest absolute Gasteiger partial charge is 0.130 e. The number of benzene rings is 2. The maximum absolute atomic E-state index is 14.7. The third-order valence-electron chi connectivity index (χ3n) is 6.10. The highest BCUT2D eigenvalue weighted by Crippen LogP contribution is 2.41. The molecule has 0 aliphatic heterocycles. The van der Waals surface area contributed by atoms with Crippen LogP contribution in [0.3, 0.4) is 0 Å². The lowest BCUT2D eigenvalue weighted by molar-refractivity contribution is 0.331. The predicted octanol–water partition coefficient (Wildman–Crippen LogP) is 5.82. The van der Waals surface area contributed by atoms with Crippen molar-refractivity contribution in [2.75, 3.05) is 7.11 Å². The minimum Gasteiger partial charge on any atom is -0.496 e.